The summed E-state index contributed by atoms with van der Waals surface area (Å²) < 4.78 is 5.65. The Labute approximate surface area is 109 Å². The quantitative estimate of drug-likeness (QED) is 0.789. The van der Waals surface area contributed by atoms with Crippen molar-refractivity contribution in [1.82, 2.24) is 0 Å². The molecule has 1 aromatic rings. The maximum Gasteiger partial charge on any atom is 0.139 e. The number of ether oxygens (including phenoxy) is 1. The van der Waals surface area contributed by atoms with Crippen molar-refractivity contribution in [2.45, 2.75) is 46.0 Å². The predicted molar refractivity (Wildman–Crippen MR) is 73.0 cm³/mol. The molecular formula is C16H22O2. The lowest BCUT2D eigenvalue weighted by molar-refractivity contribution is -0.123. The number of carbonyl (C=O) groups is 1. The molecule has 0 unspecified atom stereocenters. The summed E-state index contributed by atoms with van der Waals surface area (Å²) in [4.78, 5) is 11.9. The minimum Gasteiger partial charge on any atom is -0.493 e. The third-order valence-corrected chi connectivity index (χ3v) is 3.91. The van der Waals surface area contributed by atoms with Gasteiger partial charge in [-0.15, -0.1) is 0 Å². The number of rotatable bonds is 5. The summed E-state index contributed by atoms with van der Waals surface area (Å²) in [5.74, 6) is 1.57. The maximum atomic E-state index is 11.9. The van der Waals surface area contributed by atoms with E-state index >= 15 is 0 Å². The Morgan fingerprint density at radius 1 is 1.22 bits per heavy atom. The van der Waals surface area contributed by atoms with E-state index < -0.39 is 0 Å². The standard InChI is InChI=1S/C16H22O2/c1-12-7-8-15(11-13(12)2)18-10-9-16(17)14-5-3-4-6-14/h7-8,11,14H,3-6,9-10H2,1-2H3. The molecule has 1 aromatic carbocycles. The normalized spacial score (nSPS) is 15.9. The largest absolute Gasteiger partial charge is 0.493 e. The molecule has 0 amide bonds. The summed E-state index contributed by atoms with van der Waals surface area (Å²) >= 11 is 0. The second-order valence-electron chi connectivity index (χ2n) is 5.29. The molecule has 0 spiro atoms. The van der Waals surface area contributed by atoms with Crippen molar-refractivity contribution in [3.05, 3.63) is 29.3 Å². The van der Waals surface area contributed by atoms with Crippen molar-refractivity contribution in [2.24, 2.45) is 5.92 Å². The first-order valence-corrected chi connectivity index (χ1v) is 6.89. The Kier molecular flexibility index (Phi) is 4.40. The molecule has 1 aliphatic carbocycles. The molecule has 0 radical (unpaired) electrons. The van der Waals surface area contributed by atoms with E-state index in [-0.39, 0.29) is 0 Å². The lowest BCUT2D eigenvalue weighted by Crippen LogP contribution is -2.14. The molecule has 1 fully saturated rings. The van der Waals surface area contributed by atoms with Crippen LogP contribution in [-0.2, 0) is 4.79 Å². The van der Waals surface area contributed by atoms with Gasteiger partial charge in [-0.3, -0.25) is 4.79 Å². The van der Waals surface area contributed by atoms with Crippen LogP contribution in [0.4, 0.5) is 0 Å². The minimum atomic E-state index is 0.313. The van der Waals surface area contributed by atoms with Gasteiger partial charge < -0.3 is 4.74 Å². The van der Waals surface area contributed by atoms with Crippen molar-refractivity contribution in [3.8, 4) is 5.75 Å². The molecular weight excluding hydrogens is 224 g/mol. The Morgan fingerprint density at radius 2 is 1.94 bits per heavy atom. The average Bonchev–Trinajstić information content (AvgIpc) is 2.87. The molecule has 0 N–H and O–H groups in total. The van der Waals surface area contributed by atoms with Crippen LogP contribution >= 0.6 is 0 Å². The molecule has 0 atom stereocenters. The lowest BCUT2D eigenvalue weighted by Gasteiger charge is -2.10. The summed E-state index contributed by atoms with van der Waals surface area (Å²) in [6.45, 7) is 4.67. The van der Waals surface area contributed by atoms with Crippen LogP contribution in [-0.4, -0.2) is 12.4 Å². The monoisotopic (exact) mass is 246 g/mol. The Hall–Kier alpha value is -1.31. The second-order valence-corrected chi connectivity index (χ2v) is 5.29. The van der Waals surface area contributed by atoms with Gasteiger partial charge in [-0.2, -0.15) is 0 Å². The third-order valence-electron chi connectivity index (χ3n) is 3.91. The highest BCUT2D eigenvalue weighted by molar-refractivity contribution is 5.81. The van der Waals surface area contributed by atoms with Crippen LogP contribution in [0.25, 0.3) is 0 Å². The molecule has 0 aromatic heterocycles. The Balaban J connectivity index is 1.77. The van der Waals surface area contributed by atoms with Crippen LogP contribution in [0.1, 0.15) is 43.2 Å². The van der Waals surface area contributed by atoms with E-state index in [1.165, 1.54) is 24.0 Å². The highest BCUT2D eigenvalue weighted by Gasteiger charge is 2.21. The molecule has 98 valence electrons. The van der Waals surface area contributed by atoms with E-state index in [0.29, 0.717) is 24.7 Å². The van der Waals surface area contributed by atoms with Gasteiger partial charge in [-0.05, 0) is 49.9 Å². The van der Waals surface area contributed by atoms with E-state index in [0.717, 1.165) is 18.6 Å². The fraction of sp³-hybridized carbons (Fsp3) is 0.562. The zero-order chi connectivity index (χ0) is 13.0. The minimum absolute atomic E-state index is 0.313. The Bertz CT molecular complexity index is 417. The molecule has 2 heteroatoms. The summed E-state index contributed by atoms with van der Waals surface area (Å²) in [5.41, 5.74) is 2.50. The highest BCUT2D eigenvalue weighted by Crippen LogP contribution is 2.26. The SMILES string of the molecule is Cc1ccc(OCCC(=O)C2CCCC2)cc1C. The summed E-state index contributed by atoms with van der Waals surface area (Å²) in [5, 5.41) is 0. The first-order valence-electron chi connectivity index (χ1n) is 6.89. The summed E-state index contributed by atoms with van der Waals surface area (Å²) in [6, 6.07) is 6.07. The molecule has 1 saturated carbocycles. The number of hydrogen-bond acceptors (Lipinski definition) is 2. The number of benzene rings is 1. The fourth-order valence-corrected chi connectivity index (χ4v) is 2.53. The number of ketones is 1. The van der Waals surface area contributed by atoms with E-state index in [9.17, 15) is 4.79 Å². The molecule has 18 heavy (non-hydrogen) atoms. The fourth-order valence-electron chi connectivity index (χ4n) is 2.53. The summed E-state index contributed by atoms with van der Waals surface area (Å²) in [6.07, 6.45) is 5.16. The number of hydrogen-bond donors (Lipinski definition) is 0. The third kappa shape index (κ3) is 3.34. The summed E-state index contributed by atoms with van der Waals surface area (Å²) in [7, 11) is 0. The van der Waals surface area contributed by atoms with Gasteiger partial charge in [0.1, 0.15) is 11.5 Å². The molecule has 0 saturated heterocycles. The van der Waals surface area contributed by atoms with E-state index in [1.54, 1.807) is 0 Å². The molecule has 0 aliphatic heterocycles. The van der Waals surface area contributed by atoms with Crippen molar-refractivity contribution in [2.75, 3.05) is 6.61 Å². The lowest BCUT2D eigenvalue weighted by atomic mass is 10.0. The van der Waals surface area contributed by atoms with Gasteiger partial charge in [0.25, 0.3) is 0 Å². The van der Waals surface area contributed by atoms with Crippen LogP contribution in [0.2, 0.25) is 0 Å². The molecule has 2 rings (SSSR count). The van der Waals surface area contributed by atoms with Crippen LogP contribution in [0.5, 0.6) is 5.75 Å². The number of Topliss-reactive ketones (excluding diaryl/α,β-unsaturated/α-hetero) is 1. The Morgan fingerprint density at radius 3 is 2.61 bits per heavy atom. The van der Waals surface area contributed by atoms with Gasteiger partial charge in [0, 0.05) is 12.3 Å². The zero-order valence-electron chi connectivity index (χ0n) is 11.4. The average molecular weight is 246 g/mol. The molecule has 0 heterocycles. The topological polar surface area (TPSA) is 26.3 Å². The van der Waals surface area contributed by atoms with Gasteiger partial charge in [-0.1, -0.05) is 18.9 Å². The maximum absolute atomic E-state index is 11.9. The zero-order valence-corrected chi connectivity index (χ0v) is 11.4. The van der Waals surface area contributed by atoms with Gasteiger partial charge in [0.2, 0.25) is 0 Å². The number of carbonyl (C=O) groups excluding carboxylic acids is 1. The molecule has 2 nitrogen and oxygen atoms in total. The van der Waals surface area contributed by atoms with Crippen molar-refractivity contribution in [1.29, 1.82) is 0 Å². The van der Waals surface area contributed by atoms with E-state index in [2.05, 4.69) is 19.9 Å². The highest BCUT2D eigenvalue weighted by atomic mass is 16.5. The van der Waals surface area contributed by atoms with Crippen LogP contribution in [0.3, 0.4) is 0 Å². The van der Waals surface area contributed by atoms with Gasteiger partial charge in [0.15, 0.2) is 0 Å². The van der Waals surface area contributed by atoms with E-state index in [4.69, 9.17) is 4.74 Å². The van der Waals surface area contributed by atoms with Crippen LogP contribution in [0, 0.1) is 19.8 Å². The van der Waals surface area contributed by atoms with Gasteiger partial charge in [-0.25, -0.2) is 0 Å². The smallest absolute Gasteiger partial charge is 0.139 e. The van der Waals surface area contributed by atoms with Gasteiger partial charge in [0.05, 0.1) is 6.61 Å². The first-order chi connectivity index (χ1) is 8.66. The first kappa shape index (κ1) is 13.1. The molecule has 1 aliphatic rings. The van der Waals surface area contributed by atoms with Gasteiger partial charge >= 0.3 is 0 Å². The van der Waals surface area contributed by atoms with Crippen molar-refractivity contribution < 1.29 is 9.53 Å². The van der Waals surface area contributed by atoms with Crippen molar-refractivity contribution in [3.63, 3.8) is 0 Å². The second kappa shape index (κ2) is 6.03. The predicted octanol–water partition coefficient (Wildman–Crippen LogP) is 3.83. The number of aryl methyl sites for hydroxylation is 2. The van der Waals surface area contributed by atoms with Crippen LogP contribution < -0.4 is 4.74 Å². The van der Waals surface area contributed by atoms with Crippen LogP contribution in [0.15, 0.2) is 18.2 Å². The molecule has 0 bridgehead atoms. The van der Waals surface area contributed by atoms with Crippen molar-refractivity contribution >= 4 is 5.78 Å². The van der Waals surface area contributed by atoms with E-state index in [1.807, 2.05) is 12.1 Å².